The van der Waals surface area contributed by atoms with Crippen LogP contribution in [0.2, 0.25) is 0 Å². The molecule has 134 valence electrons. The molecule has 3 N–H and O–H groups in total. The first-order valence-electron chi connectivity index (χ1n) is 8.69. The fraction of sp³-hybridized carbons (Fsp3) is 0.611. The summed E-state index contributed by atoms with van der Waals surface area (Å²) in [7, 11) is 0. The highest BCUT2D eigenvalue weighted by molar-refractivity contribution is 14.0. The van der Waals surface area contributed by atoms with E-state index in [0.717, 1.165) is 44.8 Å². The van der Waals surface area contributed by atoms with Crippen molar-refractivity contribution in [1.29, 1.82) is 0 Å². The summed E-state index contributed by atoms with van der Waals surface area (Å²) in [6.45, 7) is 3.06. The predicted octanol–water partition coefficient (Wildman–Crippen LogP) is 3.11. The fourth-order valence-electron chi connectivity index (χ4n) is 3.19. The summed E-state index contributed by atoms with van der Waals surface area (Å²) in [5, 5.41) is 3.18. The predicted molar refractivity (Wildman–Crippen MR) is 108 cm³/mol. The van der Waals surface area contributed by atoms with Crippen LogP contribution < -0.4 is 11.1 Å². The molecular weight excluding hydrogens is 417 g/mol. The summed E-state index contributed by atoms with van der Waals surface area (Å²) in [5.41, 5.74) is 9.90. The molecule has 1 saturated heterocycles. The number of aliphatic imine (C=N–C) groups is 1. The van der Waals surface area contributed by atoms with E-state index in [1.807, 2.05) is 0 Å². The van der Waals surface area contributed by atoms with Crippen LogP contribution in [-0.2, 0) is 22.3 Å². The Morgan fingerprint density at radius 3 is 2.88 bits per heavy atom. The minimum atomic E-state index is 0. The second-order valence-corrected chi connectivity index (χ2v) is 6.27. The van der Waals surface area contributed by atoms with E-state index in [9.17, 15) is 0 Å². The maximum Gasteiger partial charge on any atom is 0.193 e. The van der Waals surface area contributed by atoms with Crippen molar-refractivity contribution in [1.82, 2.24) is 0 Å². The third-order valence-corrected chi connectivity index (χ3v) is 4.48. The first-order chi connectivity index (χ1) is 11.3. The van der Waals surface area contributed by atoms with E-state index >= 15 is 0 Å². The molecule has 1 heterocycles. The van der Waals surface area contributed by atoms with Crippen molar-refractivity contribution in [2.75, 3.05) is 31.7 Å². The molecule has 6 heteroatoms. The molecule has 5 nitrogen and oxygen atoms in total. The zero-order valence-corrected chi connectivity index (χ0v) is 16.5. The lowest BCUT2D eigenvalue weighted by Gasteiger charge is -2.22. The lowest BCUT2D eigenvalue weighted by Crippen LogP contribution is -2.24. The van der Waals surface area contributed by atoms with Gasteiger partial charge in [0, 0.05) is 32.1 Å². The summed E-state index contributed by atoms with van der Waals surface area (Å²) in [6, 6.07) is 6.47. The smallest absolute Gasteiger partial charge is 0.193 e. The number of fused-ring (bicyclic) bond motifs is 1. The molecule has 0 unspecified atom stereocenters. The van der Waals surface area contributed by atoms with Gasteiger partial charge in [0.15, 0.2) is 5.96 Å². The van der Waals surface area contributed by atoms with Gasteiger partial charge < -0.3 is 20.5 Å². The normalized spacial score (nSPS) is 18.1. The molecule has 0 atom stereocenters. The number of hydrogen-bond acceptors (Lipinski definition) is 3. The monoisotopic (exact) mass is 445 g/mol. The number of rotatable bonds is 6. The molecular formula is C18H28IN3O2. The van der Waals surface area contributed by atoms with Crippen molar-refractivity contribution in [2.45, 2.75) is 44.6 Å². The van der Waals surface area contributed by atoms with Gasteiger partial charge in [0.25, 0.3) is 0 Å². The lowest BCUT2D eigenvalue weighted by atomic mass is 10.1. The van der Waals surface area contributed by atoms with Crippen LogP contribution >= 0.6 is 24.0 Å². The molecule has 1 aromatic rings. The first-order valence-corrected chi connectivity index (χ1v) is 8.69. The van der Waals surface area contributed by atoms with Gasteiger partial charge in [-0.05, 0) is 61.8 Å². The third kappa shape index (κ3) is 5.89. The maximum atomic E-state index is 5.96. The molecule has 1 aromatic carbocycles. The molecule has 3 rings (SSSR count). The highest BCUT2D eigenvalue weighted by Crippen LogP contribution is 2.24. The Hall–Kier alpha value is -0.860. The number of halogens is 1. The number of aryl methyl sites for hydroxylation is 2. The molecule has 0 amide bonds. The number of nitrogens with zero attached hydrogens (tertiary/aromatic N) is 1. The number of guanidine groups is 1. The Labute approximate surface area is 161 Å². The molecule has 1 aliphatic heterocycles. The van der Waals surface area contributed by atoms with E-state index in [2.05, 4.69) is 28.5 Å². The van der Waals surface area contributed by atoms with Crippen molar-refractivity contribution in [3.63, 3.8) is 0 Å². The standard InChI is InChI=1S/C18H27N3O2.HI/c19-18(20-9-2-10-23-17-7-11-22-12-8-17)21-16-6-5-14-3-1-4-15(14)13-16;/h5-6,13,17H,1-4,7-12H2,(H3,19,20,21);1H. The zero-order chi connectivity index (χ0) is 15.9. The van der Waals surface area contributed by atoms with Crippen molar-refractivity contribution in [3.05, 3.63) is 29.3 Å². The minimum absolute atomic E-state index is 0. The molecule has 24 heavy (non-hydrogen) atoms. The molecule has 0 saturated carbocycles. The zero-order valence-electron chi connectivity index (χ0n) is 14.1. The van der Waals surface area contributed by atoms with Crippen LogP contribution in [0.3, 0.4) is 0 Å². The molecule has 0 bridgehead atoms. The van der Waals surface area contributed by atoms with Gasteiger partial charge in [-0.2, -0.15) is 0 Å². The van der Waals surface area contributed by atoms with Gasteiger partial charge >= 0.3 is 0 Å². The highest BCUT2D eigenvalue weighted by atomic mass is 127. The van der Waals surface area contributed by atoms with Gasteiger partial charge in [-0.25, -0.2) is 0 Å². The van der Waals surface area contributed by atoms with E-state index in [1.54, 1.807) is 0 Å². The fourth-order valence-corrected chi connectivity index (χ4v) is 3.19. The molecule has 1 aliphatic carbocycles. The van der Waals surface area contributed by atoms with E-state index < -0.39 is 0 Å². The maximum absolute atomic E-state index is 5.96. The van der Waals surface area contributed by atoms with Crippen LogP contribution in [-0.4, -0.2) is 38.4 Å². The molecule has 0 radical (unpaired) electrons. The van der Waals surface area contributed by atoms with Gasteiger partial charge in [-0.15, -0.1) is 24.0 Å². The second kappa shape index (κ2) is 10.2. The second-order valence-electron chi connectivity index (χ2n) is 6.27. The largest absolute Gasteiger partial charge is 0.381 e. The summed E-state index contributed by atoms with van der Waals surface area (Å²) < 4.78 is 11.1. The average Bonchev–Trinajstić information content (AvgIpc) is 3.03. The first kappa shape index (κ1) is 19.5. The number of benzene rings is 1. The van der Waals surface area contributed by atoms with Crippen molar-refractivity contribution in [3.8, 4) is 0 Å². The lowest BCUT2D eigenvalue weighted by molar-refractivity contribution is -0.0318. The summed E-state index contributed by atoms with van der Waals surface area (Å²) in [5.74, 6) is 0.481. The van der Waals surface area contributed by atoms with Crippen LogP contribution in [0.1, 0.15) is 36.8 Å². The number of ether oxygens (including phenoxy) is 2. The summed E-state index contributed by atoms with van der Waals surface area (Å²) >= 11 is 0. The van der Waals surface area contributed by atoms with Gasteiger partial charge in [0.05, 0.1) is 6.10 Å². The minimum Gasteiger partial charge on any atom is -0.381 e. The third-order valence-electron chi connectivity index (χ3n) is 4.48. The van der Waals surface area contributed by atoms with Gasteiger partial charge in [0.2, 0.25) is 0 Å². The van der Waals surface area contributed by atoms with Crippen LogP contribution in [0.4, 0.5) is 5.69 Å². The average molecular weight is 445 g/mol. The number of nitrogens with two attached hydrogens (primary N) is 1. The van der Waals surface area contributed by atoms with Crippen molar-refractivity contribution < 1.29 is 9.47 Å². The number of nitrogens with one attached hydrogen (secondary N) is 1. The van der Waals surface area contributed by atoms with E-state index in [1.165, 1.54) is 30.4 Å². The van der Waals surface area contributed by atoms with Crippen LogP contribution in [0.15, 0.2) is 23.2 Å². The Morgan fingerprint density at radius 2 is 2.04 bits per heavy atom. The van der Waals surface area contributed by atoms with Crippen molar-refractivity contribution in [2.24, 2.45) is 10.7 Å². The molecule has 0 spiro atoms. The molecule has 1 fully saturated rings. The Bertz CT molecular complexity index is 545. The number of hydrogen-bond donors (Lipinski definition) is 2. The van der Waals surface area contributed by atoms with Crippen LogP contribution in [0, 0.1) is 0 Å². The Morgan fingerprint density at radius 1 is 1.25 bits per heavy atom. The van der Waals surface area contributed by atoms with Gasteiger partial charge in [-0.1, -0.05) is 6.07 Å². The topological polar surface area (TPSA) is 68.9 Å². The quantitative estimate of drug-likeness (QED) is 0.306. The van der Waals surface area contributed by atoms with Gasteiger partial charge in [0.1, 0.15) is 0 Å². The molecule has 0 aromatic heterocycles. The van der Waals surface area contributed by atoms with Crippen LogP contribution in [0.5, 0.6) is 0 Å². The van der Waals surface area contributed by atoms with Gasteiger partial charge in [-0.3, -0.25) is 4.99 Å². The van der Waals surface area contributed by atoms with Crippen molar-refractivity contribution >= 4 is 35.6 Å². The SMILES string of the molecule is I.NC(=NCCCOC1CCOCC1)Nc1ccc2c(c1)CCC2. The Balaban J connectivity index is 0.00000208. The van der Waals surface area contributed by atoms with E-state index in [-0.39, 0.29) is 24.0 Å². The van der Waals surface area contributed by atoms with Crippen LogP contribution in [0.25, 0.3) is 0 Å². The Kier molecular flexibility index (Phi) is 8.28. The van der Waals surface area contributed by atoms with E-state index in [0.29, 0.717) is 18.6 Å². The van der Waals surface area contributed by atoms with E-state index in [4.69, 9.17) is 15.2 Å². The summed E-state index contributed by atoms with van der Waals surface area (Å²) in [4.78, 5) is 4.37. The summed E-state index contributed by atoms with van der Waals surface area (Å²) in [6.07, 6.45) is 6.89. The highest BCUT2D eigenvalue weighted by Gasteiger charge is 2.13. The number of anilines is 1. The molecule has 2 aliphatic rings.